The second-order valence-electron chi connectivity index (χ2n) is 0.285. The lowest BCUT2D eigenvalue weighted by atomic mass is 14.4. The van der Waals surface area contributed by atoms with Gasteiger partial charge in [-0.05, 0) is 10.1 Å². The fourth-order valence-electron chi connectivity index (χ4n) is 0.0248. The highest BCUT2D eigenvalue weighted by Gasteiger charge is 1.75. The summed E-state index contributed by atoms with van der Waals surface area (Å²) in [5.74, 6) is 0. The molecule has 0 heterocycles. The maximum atomic E-state index is 3.58. The highest BCUT2D eigenvalue weighted by Crippen LogP contribution is 1.85. The molecule has 0 aromatic heterocycles. The Balaban J connectivity index is 2.34. The van der Waals surface area contributed by atoms with E-state index in [0.717, 1.165) is 0 Å². The van der Waals surface area contributed by atoms with Gasteiger partial charge in [-0.1, -0.05) is 0 Å². The number of rotatable bonds is 3. The van der Waals surface area contributed by atoms with E-state index in [1.165, 1.54) is 0 Å². The van der Waals surface area contributed by atoms with Gasteiger partial charge in [0.1, 0.15) is 0 Å². The Morgan fingerprint density at radius 3 is 1.33 bits per heavy atom. The van der Waals surface area contributed by atoms with Crippen molar-refractivity contribution >= 4 is 25.8 Å². The molecule has 0 atom stereocenters. The van der Waals surface area contributed by atoms with Crippen molar-refractivity contribution < 1.29 is 18.7 Å². The molecule has 0 fully saturated rings. The van der Waals surface area contributed by atoms with Crippen molar-refractivity contribution in [2.45, 2.75) is 0 Å². The molecule has 0 saturated carbocycles. The highest BCUT2D eigenvalue weighted by atomic mass is 32.1. The molecule has 0 aromatic rings. The molecule has 0 unspecified atom stereocenters. The Kier molecular flexibility index (Phi) is 6.04. The van der Waals surface area contributed by atoms with Crippen molar-refractivity contribution in [3.8, 4) is 0 Å². The molecule has 4 nitrogen and oxygen atoms in total. The van der Waals surface area contributed by atoms with Crippen molar-refractivity contribution in [1.82, 2.24) is 0 Å². The lowest BCUT2D eigenvalue weighted by Gasteiger charge is -1.86. The van der Waals surface area contributed by atoms with Gasteiger partial charge in [-0.2, -0.15) is 0 Å². The molecule has 0 aliphatic rings. The number of thiol groups is 2. The molecular formula is H2O4S2. The zero-order valence-electron chi connectivity index (χ0n) is 2.53. The topological polar surface area (TPSA) is 36.9 Å². The van der Waals surface area contributed by atoms with Crippen molar-refractivity contribution in [2.24, 2.45) is 0 Å². The summed E-state index contributed by atoms with van der Waals surface area (Å²) in [6, 6.07) is 0. The second-order valence-corrected chi connectivity index (χ2v) is 0.583. The van der Waals surface area contributed by atoms with E-state index in [-0.39, 0.29) is 0 Å². The fraction of sp³-hybridized carbons (Fsp3) is 0. The van der Waals surface area contributed by atoms with Crippen molar-refractivity contribution in [1.29, 1.82) is 0 Å². The van der Waals surface area contributed by atoms with Crippen LogP contribution in [0.2, 0.25) is 0 Å². The summed E-state index contributed by atoms with van der Waals surface area (Å²) in [6.45, 7) is 0. The predicted octanol–water partition coefficient (Wildman–Crippen LogP) is 0.487. The third-order valence-corrected chi connectivity index (χ3v) is 0.210. The first-order valence-electron chi connectivity index (χ1n) is 0.865. The maximum absolute atomic E-state index is 3.58. The lowest BCUT2D eigenvalue weighted by Crippen LogP contribution is -1.81. The van der Waals surface area contributed by atoms with E-state index in [1.807, 2.05) is 0 Å². The van der Waals surface area contributed by atoms with Crippen molar-refractivity contribution in [3.05, 3.63) is 0 Å². The van der Waals surface area contributed by atoms with E-state index in [2.05, 4.69) is 44.6 Å². The highest BCUT2D eigenvalue weighted by molar-refractivity contribution is 7.75. The molecule has 0 radical (unpaired) electrons. The van der Waals surface area contributed by atoms with Gasteiger partial charge in [-0.25, -0.2) is 0 Å². The molecule has 6 heteroatoms. The van der Waals surface area contributed by atoms with Crippen LogP contribution in [-0.2, 0) is 18.7 Å². The molecule has 0 spiro atoms. The van der Waals surface area contributed by atoms with Crippen LogP contribution < -0.4 is 0 Å². The number of hydrogen-bond donors (Lipinski definition) is 2. The fourth-order valence-corrected chi connectivity index (χ4v) is 0.0745. The smallest absolute Gasteiger partial charge is 0.0182 e. The predicted molar refractivity (Wildman–Crippen MR) is 22.3 cm³/mol. The lowest BCUT2D eigenvalue weighted by molar-refractivity contribution is -0.568. The van der Waals surface area contributed by atoms with Crippen molar-refractivity contribution in [3.63, 3.8) is 0 Å². The molecule has 0 saturated heterocycles. The second kappa shape index (κ2) is 5.54. The van der Waals surface area contributed by atoms with Gasteiger partial charge >= 0.3 is 0 Å². The van der Waals surface area contributed by atoms with Crippen LogP contribution in [-0.4, -0.2) is 0 Å². The maximum Gasteiger partial charge on any atom is 0.0182 e. The van der Waals surface area contributed by atoms with Gasteiger partial charge in [0.2, 0.25) is 0 Å². The van der Waals surface area contributed by atoms with E-state index in [9.17, 15) is 0 Å². The standard InChI is InChI=1S/H2O4S2/c5-3-1-2-4-6/h5-6H. The first kappa shape index (κ1) is 6.54. The zero-order valence-corrected chi connectivity index (χ0v) is 4.32. The Hall–Kier alpha value is 0.540. The molecule has 0 aliphatic carbocycles. The van der Waals surface area contributed by atoms with Crippen LogP contribution in [0.1, 0.15) is 0 Å². The van der Waals surface area contributed by atoms with Gasteiger partial charge in [0, 0.05) is 25.8 Å². The Bertz CT molecular complexity index is 17.5. The summed E-state index contributed by atoms with van der Waals surface area (Å²) in [6.07, 6.45) is 0. The quantitative estimate of drug-likeness (QED) is 0.192. The average Bonchev–Trinajstić information content (AvgIpc) is 1.61. The normalized spacial score (nSPS) is 9.00. The van der Waals surface area contributed by atoms with Crippen LogP contribution >= 0.6 is 25.8 Å². The van der Waals surface area contributed by atoms with E-state index >= 15 is 0 Å². The van der Waals surface area contributed by atoms with E-state index in [0.29, 0.717) is 0 Å². The summed E-state index contributed by atoms with van der Waals surface area (Å²) in [7, 11) is 0. The van der Waals surface area contributed by atoms with E-state index in [1.54, 1.807) is 0 Å². The molecule has 38 valence electrons. The van der Waals surface area contributed by atoms with Crippen LogP contribution in [0.5, 0.6) is 0 Å². The molecule has 0 aromatic carbocycles. The van der Waals surface area contributed by atoms with Crippen LogP contribution in [0.3, 0.4) is 0 Å². The Labute approximate surface area is 45.3 Å². The summed E-state index contributed by atoms with van der Waals surface area (Å²) >= 11 is 6.19. The van der Waals surface area contributed by atoms with Gasteiger partial charge in [0.25, 0.3) is 0 Å². The number of hydrogen-bond acceptors (Lipinski definition) is 6. The van der Waals surface area contributed by atoms with Gasteiger partial charge in [0.15, 0.2) is 0 Å². The Morgan fingerprint density at radius 2 is 1.17 bits per heavy atom. The van der Waals surface area contributed by atoms with Crippen LogP contribution in [0.25, 0.3) is 0 Å². The Morgan fingerprint density at radius 1 is 0.833 bits per heavy atom. The molecule has 0 bridgehead atoms. The SMILES string of the molecule is SOOOOS. The third kappa shape index (κ3) is 4.54. The van der Waals surface area contributed by atoms with Crippen LogP contribution in [0, 0.1) is 0 Å². The largest absolute Gasteiger partial charge is 0.134 e. The average molecular weight is 130 g/mol. The van der Waals surface area contributed by atoms with Gasteiger partial charge < -0.3 is 0 Å². The van der Waals surface area contributed by atoms with Gasteiger partial charge in [-0.15, -0.1) is 8.67 Å². The van der Waals surface area contributed by atoms with E-state index < -0.39 is 0 Å². The summed E-state index contributed by atoms with van der Waals surface area (Å²) < 4.78 is 7.16. The van der Waals surface area contributed by atoms with Crippen LogP contribution in [0.15, 0.2) is 0 Å². The molecule has 0 N–H and O–H groups in total. The van der Waals surface area contributed by atoms with Gasteiger partial charge in [0.05, 0.1) is 0 Å². The molecular weight excluding hydrogens is 128 g/mol. The first-order chi connectivity index (χ1) is 2.91. The van der Waals surface area contributed by atoms with Gasteiger partial charge in [-0.3, -0.25) is 0 Å². The molecule has 0 aliphatic heterocycles. The minimum atomic E-state index is 3.09. The van der Waals surface area contributed by atoms with Crippen molar-refractivity contribution in [2.75, 3.05) is 0 Å². The molecule has 0 rings (SSSR count). The monoisotopic (exact) mass is 130 g/mol. The summed E-state index contributed by atoms with van der Waals surface area (Å²) in [5, 5.41) is 7.10. The first-order valence-corrected chi connectivity index (χ1v) is 1.60. The minimum Gasteiger partial charge on any atom is -0.134 e. The summed E-state index contributed by atoms with van der Waals surface area (Å²) in [4.78, 5) is 0. The third-order valence-electron chi connectivity index (χ3n) is 0.0886. The van der Waals surface area contributed by atoms with Crippen LogP contribution in [0.4, 0.5) is 0 Å². The molecule has 6 heavy (non-hydrogen) atoms. The minimum absolute atomic E-state index is 3.09. The van der Waals surface area contributed by atoms with E-state index in [4.69, 9.17) is 0 Å². The molecule has 0 amide bonds. The summed E-state index contributed by atoms with van der Waals surface area (Å²) in [5.41, 5.74) is 0. The zero-order chi connectivity index (χ0) is 4.83.